The van der Waals surface area contributed by atoms with Gasteiger partial charge in [0.2, 0.25) is 0 Å². The smallest absolute Gasteiger partial charge is 0.339 e. The molecule has 4 nitrogen and oxygen atoms in total. The first-order valence-corrected chi connectivity index (χ1v) is 10.1. The van der Waals surface area contributed by atoms with E-state index >= 15 is 0 Å². The third kappa shape index (κ3) is 6.15. The Morgan fingerprint density at radius 1 is 1.04 bits per heavy atom. The molecule has 26 heavy (non-hydrogen) atoms. The normalized spacial score (nSPS) is 16.1. The highest BCUT2D eigenvalue weighted by atomic mass is 16.5. The standard InChI is InChI=1S/C22H32O4/c1-3-5-11-17(4-2)16-25-21(23)19-14-9-10-15-20(19)22(24)26-18-12-7-6-8-13-18/h9-10,14-15,17-18H,3-8,11-13,16H2,1-2H3/t17-/m0/s1. The molecule has 0 amide bonds. The van der Waals surface area contributed by atoms with E-state index in [0.29, 0.717) is 23.7 Å². The zero-order valence-corrected chi connectivity index (χ0v) is 16.2. The van der Waals surface area contributed by atoms with Crippen LogP contribution in [0.15, 0.2) is 24.3 Å². The van der Waals surface area contributed by atoms with Crippen LogP contribution in [0.2, 0.25) is 0 Å². The molecule has 144 valence electrons. The quantitative estimate of drug-likeness (QED) is 0.542. The molecular weight excluding hydrogens is 328 g/mol. The van der Waals surface area contributed by atoms with E-state index in [9.17, 15) is 9.59 Å². The average Bonchev–Trinajstić information content (AvgIpc) is 2.68. The number of rotatable bonds is 9. The lowest BCUT2D eigenvalue weighted by Crippen LogP contribution is -2.23. The van der Waals surface area contributed by atoms with E-state index in [1.165, 1.54) is 6.42 Å². The lowest BCUT2D eigenvalue weighted by molar-refractivity contribution is 0.0201. The minimum atomic E-state index is -0.434. The second kappa shape index (κ2) is 11.0. The molecule has 2 rings (SSSR count). The largest absolute Gasteiger partial charge is 0.462 e. The summed E-state index contributed by atoms with van der Waals surface area (Å²) < 4.78 is 11.1. The van der Waals surface area contributed by atoms with Crippen LogP contribution in [0, 0.1) is 5.92 Å². The lowest BCUT2D eigenvalue weighted by atomic mass is 9.97. The van der Waals surface area contributed by atoms with Gasteiger partial charge in [0.25, 0.3) is 0 Å². The first kappa shape index (κ1) is 20.5. The number of unbranched alkanes of at least 4 members (excludes halogenated alkanes) is 1. The Morgan fingerprint density at radius 2 is 1.69 bits per heavy atom. The summed E-state index contributed by atoms with van der Waals surface area (Å²) in [5.41, 5.74) is 0.614. The number of hydrogen-bond acceptors (Lipinski definition) is 4. The fourth-order valence-corrected chi connectivity index (χ4v) is 3.41. The Bertz CT molecular complexity index is 575. The van der Waals surface area contributed by atoms with Gasteiger partial charge in [0.1, 0.15) is 6.10 Å². The summed E-state index contributed by atoms with van der Waals surface area (Å²) in [6.07, 6.45) is 9.51. The summed E-state index contributed by atoms with van der Waals surface area (Å²) in [5.74, 6) is -0.473. The molecule has 0 heterocycles. The van der Waals surface area contributed by atoms with E-state index in [1.807, 2.05) is 0 Å². The molecule has 0 bridgehead atoms. The van der Waals surface area contributed by atoms with Crippen LogP contribution in [-0.2, 0) is 9.47 Å². The highest BCUT2D eigenvalue weighted by molar-refractivity contribution is 6.03. The predicted octanol–water partition coefficient (Wildman–Crippen LogP) is 5.55. The van der Waals surface area contributed by atoms with Gasteiger partial charge in [-0.15, -0.1) is 0 Å². The van der Waals surface area contributed by atoms with E-state index < -0.39 is 11.9 Å². The Hall–Kier alpha value is -1.84. The third-order valence-electron chi connectivity index (χ3n) is 5.19. The molecule has 1 aromatic carbocycles. The Balaban J connectivity index is 1.97. The second-order valence-electron chi connectivity index (χ2n) is 7.23. The first-order chi connectivity index (χ1) is 12.7. The van der Waals surface area contributed by atoms with Crippen molar-refractivity contribution in [1.29, 1.82) is 0 Å². The molecule has 1 aromatic rings. The molecule has 0 unspecified atom stereocenters. The topological polar surface area (TPSA) is 52.6 Å². The molecule has 1 fully saturated rings. The maximum atomic E-state index is 12.5. The number of ether oxygens (including phenoxy) is 2. The summed E-state index contributed by atoms with van der Waals surface area (Å²) in [4.78, 5) is 25.1. The molecule has 0 aromatic heterocycles. The number of benzene rings is 1. The zero-order chi connectivity index (χ0) is 18.8. The van der Waals surface area contributed by atoms with Crippen LogP contribution in [0.4, 0.5) is 0 Å². The highest BCUT2D eigenvalue weighted by Gasteiger charge is 2.23. The molecule has 0 saturated heterocycles. The van der Waals surface area contributed by atoms with Crippen LogP contribution < -0.4 is 0 Å². The monoisotopic (exact) mass is 360 g/mol. The van der Waals surface area contributed by atoms with Crippen molar-refractivity contribution >= 4 is 11.9 Å². The number of carbonyl (C=O) groups is 2. The van der Waals surface area contributed by atoms with Gasteiger partial charge in [0.05, 0.1) is 17.7 Å². The maximum Gasteiger partial charge on any atom is 0.339 e. The molecule has 0 N–H and O–H groups in total. The van der Waals surface area contributed by atoms with Crippen LogP contribution in [0.1, 0.15) is 92.4 Å². The summed E-state index contributed by atoms with van der Waals surface area (Å²) in [5, 5.41) is 0. The summed E-state index contributed by atoms with van der Waals surface area (Å²) in [7, 11) is 0. The van der Waals surface area contributed by atoms with Gasteiger partial charge in [-0.05, 0) is 50.2 Å². The number of carbonyl (C=O) groups excluding carboxylic acids is 2. The van der Waals surface area contributed by atoms with E-state index in [-0.39, 0.29) is 6.10 Å². The van der Waals surface area contributed by atoms with Crippen molar-refractivity contribution in [3.63, 3.8) is 0 Å². The van der Waals surface area contributed by atoms with Gasteiger partial charge >= 0.3 is 11.9 Å². The molecule has 1 atom stereocenters. The van der Waals surface area contributed by atoms with Gasteiger partial charge < -0.3 is 9.47 Å². The van der Waals surface area contributed by atoms with Crippen LogP contribution in [0.3, 0.4) is 0 Å². The molecule has 1 aliphatic rings. The highest BCUT2D eigenvalue weighted by Crippen LogP contribution is 2.22. The fourth-order valence-electron chi connectivity index (χ4n) is 3.41. The second-order valence-corrected chi connectivity index (χ2v) is 7.23. The van der Waals surface area contributed by atoms with Crippen LogP contribution >= 0.6 is 0 Å². The van der Waals surface area contributed by atoms with Crippen LogP contribution in [0.5, 0.6) is 0 Å². The van der Waals surface area contributed by atoms with Crippen molar-refractivity contribution in [3.8, 4) is 0 Å². The van der Waals surface area contributed by atoms with Crippen molar-refractivity contribution in [2.24, 2.45) is 5.92 Å². The van der Waals surface area contributed by atoms with Crippen LogP contribution in [-0.4, -0.2) is 24.6 Å². The third-order valence-corrected chi connectivity index (χ3v) is 5.19. The van der Waals surface area contributed by atoms with Gasteiger partial charge in [-0.2, -0.15) is 0 Å². The van der Waals surface area contributed by atoms with Crippen molar-refractivity contribution in [1.82, 2.24) is 0 Å². The average molecular weight is 360 g/mol. The Kier molecular flexibility index (Phi) is 8.66. The molecular formula is C22H32O4. The van der Waals surface area contributed by atoms with E-state index in [1.54, 1.807) is 24.3 Å². The van der Waals surface area contributed by atoms with Crippen molar-refractivity contribution < 1.29 is 19.1 Å². The van der Waals surface area contributed by atoms with Crippen LogP contribution in [0.25, 0.3) is 0 Å². The molecule has 0 aliphatic heterocycles. The van der Waals surface area contributed by atoms with Gasteiger partial charge in [0.15, 0.2) is 0 Å². The van der Waals surface area contributed by atoms with E-state index in [0.717, 1.165) is 51.4 Å². The SMILES string of the molecule is CCCC[C@H](CC)COC(=O)c1ccccc1C(=O)OC1CCCCC1. The minimum Gasteiger partial charge on any atom is -0.462 e. The number of esters is 2. The van der Waals surface area contributed by atoms with Gasteiger partial charge in [-0.3, -0.25) is 0 Å². The minimum absolute atomic E-state index is 0.0288. The van der Waals surface area contributed by atoms with Crippen molar-refractivity contribution in [2.45, 2.75) is 77.7 Å². The predicted molar refractivity (Wildman–Crippen MR) is 102 cm³/mol. The molecule has 4 heteroatoms. The van der Waals surface area contributed by atoms with Gasteiger partial charge in [0, 0.05) is 0 Å². The van der Waals surface area contributed by atoms with Crippen molar-refractivity contribution in [3.05, 3.63) is 35.4 Å². The lowest BCUT2D eigenvalue weighted by Gasteiger charge is -2.22. The van der Waals surface area contributed by atoms with E-state index in [4.69, 9.17) is 9.47 Å². The first-order valence-electron chi connectivity index (χ1n) is 10.1. The Labute approximate surface area is 157 Å². The van der Waals surface area contributed by atoms with Gasteiger partial charge in [-0.25, -0.2) is 9.59 Å². The molecule has 1 aliphatic carbocycles. The Morgan fingerprint density at radius 3 is 2.31 bits per heavy atom. The maximum absolute atomic E-state index is 12.5. The fraction of sp³-hybridized carbons (Fsp3) is 0.636. The summed E-state index contributed by atoms with van der Waals surface area (Å²) in [6, 6.07) is 6.80. The summed E-state index contributed by atoms with van der Waals surface area (Å²) in [6.45, 7) is 4.68. The molecule has 0 radical (unpaired) electrons. The zero-order valence-electron chi connectivity index (χ0n) is 16.2. The molecule has 0 spiro atoms. The summed E-state index contributed by atoms with van der Waals surface area (Å²) >= 11 is 0. The van der Waals surface area contributed by atoms with E-state index in [2.05, 4.69) is 13.8 Å². The number of hydrogen-bond donors (Lipinski definition) is 0. The van der Waals surface area contributed by atoms with Gasteiger partial charge in [-0.1, -0.05) is 51.7 Å². The van der Waals surface area contributed by atoms with Crippen molar-refractivity contribution in [2.75, 3.05) is 6.61 Å². The molecule has 1 saturated carbocycles.